The summed E-state index contributed by atoms with van der Waals surface area (Å²) < 4.78 is 1.10. The van der Waals surface area contributed by atoms with E-state index in [0.29, 0.717) is 0 Å². The number of nitrogens with zero attached hydrogens (tertiary/aromatic N) is 4. The van der Waals surface area contributed by atoms with E-state index in [4.69, 9.17) is 0 Å². The molecule has 1 fully saturated rings. The fraction of sp³-hybridized carbons (Fsp3) is 0.350. The molecule has 0 radical (unpaired) electrons. The van der Waals surface area contributed by atoms with Crippen LogP contribution in [0.4, 0.5) is 10.5 Å². The van der Waals surface area contributed by atoms with Crippen LogP contribution in [0.15, 0.2) is 42.7 Å². The summed E-state index contributed by atoms with van der Waals surface area (Å²) in [5.74, 6) is 0. The number of anilines is 1. The highest BCUT2D eigenvalue weighted by Crippen LogP contribution is 2.25. The lowest BCUT2D eigenvalue weighted by Gasteiger charge is -2.22. The van der Waals surface area contributed by atoms with Crippen LogP contribution in [-0.2, 0) is 6.54 Å². The zero-order valence-electron chi connectivity index (χ0n) is 15.4. The maximum atomic E-state index is 12.7. The molecule has 0 saturated carbocycles. The molecule has 2 amide bonds. The Morgan fingerprint density at radius 3 is 3.00 bits per heavy atom. The largest absolute Gasteiger partial charge is 0.323 e. The van der Waals surface area contributed by atoms with Crippen LogP contribution in [0.3, 0.4) is 0 Å². The monoisotopic (exact) mass is 381 g/mol. The fourth-order valence-electron chi connectivity index (χ4n) is 3.40. The Balaban J connectivity index is 1.35. The number of carbonyl (C=O) groups excluding carboxylic acids is 1. The molecule has 0 unspecified atom stereocenters. The molecule has 3 heterocycles. The van der Waals surface area contributed by atoms with Gasteiger partial charge in [0.25, 0.3) is 0 Å². The van der Waals surface area contributed by atoms with Gasteiger partial charge in [-0.3, -0.25) is 9.88 Å². The van der Waals surface area contributed by atoms with Crippen molar-refractivity contribution in [1.82, 2.24) is 19.8 Å². The second kappa shape index (κ2) is 8.02. The van der Waals surface area contributed by atoms with Gasteiger partial charge in [0, 0.05) is 50.8 Å². The Labute approximate surface area is 162 Å². The van der Waals surface area contributed by atoms with Crippen molar-refractivity contribution in [2.45, 2.75) is 19.9 Å². The van der Waals surface area contributed by atoms with Crippen molar-refractivity contribution in [2.75, 3.05) is 31.5 Å². The molecule has 7 heteroatoms. The standard InChI is InChI=1S/C20H23N5OS/c1-15-22-18-6-5-17(12-19(18)27-15)23-20(26)25-9-3-8-24(10-11-25)14-16-4-2-7-21-13-16/h2,4-7,12-13H,3,8-11,14H2,1H3,(H,23,26). The number of amides is 2. The maximum Gasteiger partial charge on any atom is 0.321 e. The minimum Gasteiger partial charge on any atom is -0.323 e. The second-order valence-corrected chi connectivity index (χ2v) is 8.06. The van der Waals surface area contributed by atoms with Crippen LogP contribution in [-0.4, -0.2) is 52.0 Å². The lowest BCUT2D eigenvalue weighted by Crippen LogP contribution is -2.38. The van der Waals surface area contributed by atoms with Gasteiger partial charge in [-0.1, -0.05) is 6.07 Å². The zero-order valence-corrected chi connectivity index (χ0v) is 16.2. The summed E-state index contributed by atoms with van der Waals surface area (Å²) in [5, 5.41) is 4.08. The van der Waals surface area contributed by atoms with Gasteiger partial charge in [0.05, 0.1) is 15.2 Å². The number of rotatable bonds is 3. The Morgan fingerprint density at radius 2 is 2.15 bits per heavy atom. The molecule has 1 aromatic carbocycles. The van der Waals surface area contributed by atoms with E-state index < -0.39 is 0 Å². The van der Waals surface area contributed by atoms with Crippen LogP contribution in [0.25, 0.3) is 10.2 Å². The van der Waals surface area contributed by atoms with Crippen LogP contribution in [0.1, 0.15) is 17.0 Å². The van der Waals surface area contributed by atoms with Gasteiger partial charge < -0.3 is 10.2 Å². The average molecular weight is 382 g/mol. The van der Waals surface area contributed by atoms with Gasteiger partial charge in [0.15, 0.2) is 0 Å². The third-order valence-corrected chi connectivity index (χ3v) is 5.68. The van der Waals surface area contributed by atoms with Gasteiger partial charge in [-0.2, -0.15) is 0 Å². The van der Waals surface area contributed by atoms with Crippen LogP contribution in [0.2, 0.25) is 0 Å². The van der Waals surface area contributed by atoms with Gasteiger partial charge in [0.2, 0.25) is 0 Å². The number of nitrogens with one attached hydrogen (secondary N) is 1. The van der Waals surface area contributed by atoms with Crippen LogP contribution in [0, 0.1) is 6.92 Å². The minimum atomic E-state index is -0.0289. The number of hydrogen-bond donors (Lipinski definition) is 1. The first kappa shape index (κ1) is 17.9. The number of hydrogen-bond acceptors (Lipinski definition) is 5. The lowest BCUT2D eigenvalue weighted by atomic mass is 10.2. The molecule has 0 bridgehead atoms. The number of benzene rings is 1. The van der Waals surface area contributed by atoms with Crippen molar-refractivity contribution < 1.29 is 4.79 Å². The molecule has 0 atom stereocenters. The van der Waals surface area contributed by atoms with Gasteiger partial charge in [-0.15, -0.1) is 11.3 Å². The number of fused-ring (bicyclic) bond motifs is 1. The molecule has 2 aromatic heterocycles. The van der Waals surface area contributed by atoms with Gasteiger partial charge in [-0.05, 0) is 43.2 Å². The number of thiazole rings is 1. The molecule has 0 aliphatic carbocycles. The third-order valence-electron chi connectivity index (χ3n) is 4.75. The Morgan fingerprint density at radius 1 is 1.22 bits per heavy atom. The number of carbonyl (C=O) groups is 1. The summed E-state index contributed by atoms with van der Waals surface area (Å²) in [7, 11) is 0. The Bertz CT molecular complexity index is 927. The van der Waals surface area contributed by atoms with Crippen molar-refractivity contribution >= 4 is 33.3 Å². The Kier molecular flexibility index (Phi) is 5.31. The van der Waals surface area contributed by atoms with E-state index in [2.05, 4.69) is 26.3 Å². The summed E-state index contributed by atoms with van der Waals surface area (Å²) in [6, 6.07) is 9.93. The second-order valence-electron chi connectivity index (χ2n) is 6.82. The highest BCUT2D eigenvalue weighted by molar-refractivity contribution is 7.18. The van der Waals surface area contributed by atoms with Crippen LogP contribution < -0.4 is 5.32 Å². The number of urea groups is 1. The predicted molar refractivity (Wildman–Crippen MR) is 109 cm³/mol. The molecular weight excluding hydrogens is 358 g/mol. The molecule has 140 valence electrons. The maximum absolute atomic E-state index is 12.7. The van der Waals surface area contributed by atoms with Crippen molar-refractivity contribution in [1.29, 1.82) is 0 Å². The zero-order chi connectivity index (χ0) is 18.6. The first-order valence-corrected chi connectivity index (χ1v) is 10.0. The van der Waals surface area contributed by atoms with E-state index in [1.165, 1.54) is 5.56 Å². The van der Waals surface area contributed by atoms with Crippen molar-refractivity contribution in [3.05, 3.63) is 53.3 Å². The molecule has 4 rings (SSSR count). The van der Waals surface area contributed by atoms with E-state index in [9.17, 15) is 4.79 Å². The summed E-state index contributed by atoms with van der Waals surface area (Å²) in [6.07, 6.45) is 4.68. The van der Waals surface area contributed by atoms with E-state index in [0.717, 1.165) is 60.1 Å². The van der Waals surface area contributed by atoms with E-state index in [1.54, 1.807) is 17.5 Å². The van der Waals surface area contributed by atoms with Gasteiger partial charge in [-0.25, -0.2) is 9.78 Å². The highest BCUT2D eigenvalue weighted by Gasteiger charge is 2.19. The quantitative estimate of drug-likeness (QED) is 0.751. The first-order chi connectivity index (χ1) is 13.2. The smallest absolute Gasteiger partial charge is 0.321 e. The molecular formula is C20H23N5OS. The number of aryl methyl sites for hydroxylation is 1. The Hall–Kier alpha value is -2.51. The van der Waals surface area contributed by atoms with Gasteiger partial charge >= 0.3 is 6.03 Å². The predicted octanol–water partition coefficient (Wildman–Crippen LogP) is 3.74. The third kappa shape index (κ3) is 4.43. The molecule has 0 spiro atoms. The lowest BCUT2D eigenvalue weighted by molar-refractivity contribution is 0.211. The molecule has 1 N–H and O–H groups in total. The van der Waals surface area contributed by atoms with E-state index >= 15 is 0 Å². The van der Waals surface area contributed by atoms with Crippen LogP contribution >= 0.6 is 11.3 Å². The normalized spacial score (nSPS) is 15.7. The molecule has 6 nitrogen and oxygen atoms in total. The average Bonchev–Trinajstić information content (AvgIpc) is 2.87. The van der Waals surface area contributed by atoms with E-state index in [-0.39, 0.29) is 6.03 Å². The van der Waals surface area contributed by atoms with Crippen molar-refractivity contribution in [3.63, 3.8) is 0 Å². The van der Waals surface area contributed by atoms with Crippen molar-refractivity contribution in [3.8, 4) is 0 Å². The summed E-state index contributed by atoms with van der Waals surface area (Å²) >= 11 is 1.65. The SMILES string of the molecule is Cc1nc2ccc(NC(=O)N3CCCN(Cc4cccnc4)CC3)cc2s1. The molecule has 1 aliphatic rings. The summed E-state index contributed by atoms with van der Waals surface area (Å²) in [6.45, 7) is 6.24. The topological polar surface area (TPSA) is 61.4 Å². The highest BCUT2D eigenvalue weighted by atomic mass is 32.1. The number of pyridine rings is 1. The van der Waals surface area contributed by atoms with Gasteiger partial charge in [0.1, 0.15) is 0 Å². The molecule has 3 aromatic rings. The molecule has 1 aliphatic heterocycles. The fourth-order valence-corrected chi connectivity index (χ4v) is 4.27. The minimum absolute atomic E-state index is 0.0289. The summed E-state index contributed by atoms with van der Waals surface area (Å²) in [5.41, 5.74) is 3.02. The van der Waals surface area contributed by atoms with Crippen molar-refractivity contribution in [2.24, 2.45) is 0 Å². The first-order valence-electron chi connectivity index (χ1n) is 9.22. The van der Waals surface area contributed by atoms with E-state index in [1.807, 2.05) is 42.3 Å². The molecule has 27 heavy (non-hydrogen) atoms. The molecule has 1 saturated heterocycles. The number of aromatic nitrogens is 2. The van der Waals surface area contributed by atoms with Crippen LogP contribution in [0.5, 0.6) is 0 Å². The summed E-state index contributed by atoms with van der Waals surface area (Å²) in [4.78, 5) is 25.6.